The van der Waals surface area contributed by atoms with Crippen LogP contribution in [0.2, 0.25) is 0 Å². The van der Waals surface area contributed by atoms with E-state index in [1.807, 2.05) is 30.3 Å². The third-order valence-corrected chi connectivity index (χ3v) is 4.57. The summed E-state index contributed by atoms with van der Waals surface area (Å²) < 4.78 is 23.0. The van der Waals surface area contributed by atoms with Gasteiger partial charge in [-0.2, -0.15) is 0 Å². The van der Waals surface area contributed by atoms with Gasteiger partial charge in [-0.15, -0.1) is 0 Å². The zero-order valence-corrected chi connectivity index (χ0v) is 14.0. The third-order valence-electron chi connectivity index (χ3n) is 3.04. The SMILES string of the molecule is CS(=O)(=O)CCCNC(=O)c1ccc2cc(Br)ccc2c1. The molecule has 2 rings (SSSR count). The lowest BCUT2D eigenvalue weighted by molar-refractivity contribution is 0.0954. The molecule has 0 unspecified atom stereocenters. The molecule has 112 valence electrons. The minimum atomic E-state index is -2.98. The van der Waals surface area contributed by atoms with Crippen LogP contribution in [0.3, 0.4) is 0 Å². The van der Waals surface area contributed by atoms with Gasteiger partial charge >= 0.3 is 0 Å². The summed E-state index contributed by atoms with van der Waals surface area (Å²) in [5, 5.41) is 4.78. The number of carbonyl (C=O) groups is 1. The molecule has 0 atom stereocenters. The maximum absolute atomic E-state index is 12.0. The molecule has 0 spiro atoms. The Kier molecular flexibility index (Phi) is 5.00. The van der Waals surface area contributed by atoms with Crippen LogP contribution in [0.25, 0.3) is 10.8 Å². The predicted octanol–water partition coefficient (Wildman–Crippen LogP) is 2.77. The molecule has 0 aliphatic heterocycles. The molecule has 0 bridgehead atoms. The number of amides is 1. The van der Waals surface area contributed by atoms with E-state index in [1.54, 1.807) is 6.07 Å². The van der Waals surface area contributed by atoms with E-state index in [1.165, 1.54) is 6.26 Å². The molecule has 1 N–H and O–H groups in total. The fourth-order valence-corrected chi connectivity index (χ4v) is 3.04. The van der Waals surface area contributed by atoms with E-state index in [2.05, 4.69) is 21.2 Å². The van der Waals surface area contributed by atoms with E-state index in [0.29, 0.717) is 18.5 Å². The molecule has 2 aromatic rings. The zero-order valence-electron chi connectivity index (χ0n) is 11.6. The number of hydrogen-bond donors (Lipinski definition) is 1. The van der Waals surface area contributed by atoms with Crippen molar-refractivity contribution in [2.24, 2.45) is 0 Å². The van der Waals surface area contributed by atoms with E-state index in [4.69, 9.17) is 0 Å². The van der Waals surface area contributed by atoms with Crippen LogP contribution < -0.4 is 5.32 Å². The van der Waals surface area contributed by atoms with Gasteiger partial charge in [0.05, 0.1) is 5.75 Å². The van der Waals surface area contributed by atoms with Gasteiger partial charge in [-0.1, -0.05) is 28.1 Å². The van der Waals surface area contributed by atoms with Gasteiger partial charge in [-0.3, -0.25) is 4.79 Å². The second-order valence-corrected chi connectivity index (χ2v) is 8.12. The Morgan fingerprint density at radius 1 is 1.14 bits per heavy atom. The van der Waals surface area contributed by atoms with E-state index >= 15 is 0 Å². The molecule has 0 radical (unpaired) electrons. The van der Waals surface area contributed by atoms with Crippen LogP contribution in [-0.4, -0.2) is 32.9 Å². The summed E-state index contributed by atoms with van der Waals surface area (Å²) in [6.45, 7) is 0.351. The first-order valence-corrected chi connectivity index (χ1v) is 9.36. The minimum absolute atomic E-state index is 0.0824. The van der Waals surface area contributed by atoms with Gasteiger partial charge in [0.15, 0.2) is 0 Å². The lowest BCUT2D eigenvalue weighted by atomic mass is 10.1. The summed E-state index contributed by atoms with van der Waals surface area (Å²) in [5.74, 6) is -0.104. The van der Waals surface area contributed by atoms with Crippen LogP contribution >= 0.6 is 15.9 Å². The van der Waals surface area contributed by atoms with Crippen molar-refractivity contribution in [3.8, 4) is 0 Å². The molecule has 1 amide bonds. The molecule has 0 fully saturated rings. The Morgan fingerprint density at radius 3 is 2.52 bits per heavy atom. The molecule has 0 saturated carbocycles. The molecule has 0 heterocycles. The van der Waals surface area contributed by atoms with Crippen LogP contribution in [-0.2, 0) is 9.84 Å². The second kappa shape index (κ2) is 6.58. The molecular formula is C15H16BrNO3S. The molecule has 2 aromatic carbocycles. The molecule has 0 aliphatic rings. The molecule has 6 heteroatoms. The summed E-state index contributed by atoms with van der Waals surface area (Å²) in [5.41, 5.74) is 0.573. The van der Waals surface area contributed by atoms with Crippen LogP contribution in [0.4, 0.5) is 0 Å². The highest BCUT2D eigenvalue weighted by atomic mass is 79.9. The van der Waals surface area contributed by atoms with Crippen molar-refractivity contribution in [3.05, 3.63) is 46.4 Å². The van der Waals surface area contributed by atoms with Crippen LogP contribution in [0.15, 0.2) is 40.9 Å². The number of nitrogens with one attached hydrogen (secondary N) is 1. The number of sulfone groups is 1. The van der Waals surface area contributed by atoms with Gasteiger partial charge in [0.25, 0.3) is 5.91 Å². The van der Waals surface area contributed by atoms with E-state index in [0.717, 1.165) is 15.2 Å². The van der Waals surface area contributed by atoms with Gasteiger partial charge in [0.2, 0.25) is 0 Å². The lowest BCUT2D eigenvalue weighted by Crippen LogP contribution is -2.25. The van der Waals surface area contributed by atoms with Gasteiger partial charge in [-0.25, -0.2) is 8.42 Å². The monoisotopic (exact) mass is 369 g/mol. The Bertz CT molecular complexity index is 772. The van der Waals surface area contributed by atoms with Crippen LogP contribution in [0.1, 0.15) is 16.8 Å². The van der Waals surface area contributed by atoms with E-state index in [9.17, 15) is 13.2 Å². The lowest BCUT2D eigenvalue weighted by Gasteiger charge is -2.06. The zero-order chi connectivity index (χ0) is 15.5. The Hall–Kier alpha value is -1.40. The smallest absolute Gasteiger partial charge is 0.251 e. The molecule has 21 heavy (non-hydrogen) atoms. The average molecular weight is 370 g/mol. The standard InChI is InChI=1S/C15H16BrNO3S/c1-21(19,20)8-2-7-17-15(18)13-4-3-12-10-14(16)6-5-11(12)9-13/h3-6,9-10H,2,7-8H2,1H3,(H,17,18). The summed E-state index contributed by atoms with van der Waals surface area (Å²) in [6, 6.07) is 11.3. The molecule has 4 nitrogen and oxygen atoms in total. The quantitative estimate of drug-likeness (QED) is 0.824. The van der Waals surface area contributed by atoms with E-state index in [-0.39, 0.29) is 11.7 Å². The maximum atomic E-state index is 12.0. The second-order valence-electron chi connectivity index (χ2n) is 4.95. The highest BCUT2D eigenvalue weighted by molar-refractivity contribution is 9.10. The number of fused-ring (bicyclic) bond motifs is 1. The summed E-state index contributed by atoms with van der Waals surface area (Å²) in [6.07, 6.45) is 1.61. The third kappa shape index (κ3) is 4.82. The molecule has 0 saturated heterocycles. The first-order chi connectivity index (χ1) is 9.85. The first-order valence-electron chi connectivity index (χ1n) is 6.50. The largest absolute Gasteiger partial charge is 0.352 e. The highest BCUT2D eigenvalue weighted by Crippen LogP contribution is 2.20. The fraction of sp³-hybridized carbons (Fsp3) is 0.267. The fourth-order valence-electron chi connectivity index (χ4n) is 2.00. The number of halogens is 1. The van der Waals surface area contributed by atoms with Crippen molar-refractivity contribution in [2.75, 3.05) is 18.6 Å². The van der Waals surface area contributed by atoms with Crippen molar-refractivity contribution in [2.45, 2.75) is 6.42 Å². The van der Waals surface area contributed by atoms with Crippen molar-refractivity contribution < 1.29 is 13.2 Å². The van der Waals surface area contributed by atoms with Crippen LogP contribution in [0.5, 0.6) is 0 Å². The van der Waals surface area contributed by atoms with Crippen molar-refractivity contribution in [1.82, 2.24) is 5.32 Å². The van der Waals surface area contributed by atoms with E-state index < -0.39 is 9.84 Å². The Morgan fingerprint density at radius 2 is 1.81 bits per heavy atom. The topological polar surface area (TPSA) is 63.2 Å². The molecule has 0 aliphatic carbocycles. The normalized spacial score (nSPS) is 11.5. The Labute approximate surface area is 132 Å². The van der Waals surface area contributed by atoms with Gasteiger partial charge in [-0.05, 0) is 41.5 Å². The van der Waals surface area contributed by atoms with Crippen molar-refractivity contribution in [1.29, 1.82) is 0 Å². The van der Waals surface area contributed by atoms with Gasteiger partial charge in [0, 0.05) is 22.8 Å². The number of rotatable bonds is 5. The highest BCUT2D eigenvalue weighted by Gasteiger charge is 2.07. The molecule has 0 aromatic heterocycles. The predicted molar refractivity (Wildman–Crippen MR) is 88.3 cm³/mol. The number of carbonyl (C=O) groups excluding carboxylic acids is 1. The maximum Gasteiger partial charge on any atom is 0.251 e. The average Bonchev–Trinajstić information content (AvgIpc) is 2.41. The van der Waals surface area contributed by atoms with Gasteiger partial charge < -0.3 is 5.32 Å². The number of benzene rings is 2. The van der Waals surface area contributed by atoms with Gasteiger partial charge in [0.1, 0.15) is 9.84 Å². The number of hydrogen-bond acceptors (Lipinski definition) is 3. The van der Waals surface area contributed by atoms with Crippen molar-refractivity contribution in [3.63, 3.8) is 0 Å². The van der Waals surface area contributed by atoms with Crippen LogP contribution in [0, 0.1) is 0 Å². The Balaban J connectivity index is 2.01. The summed E-state index contributed by atoms with van der Waals surface area (Å²) in [7, 11) is -2.98. The first kappa shape index (κ1) is 16.0. The minimum Gasteiger partial charge on any atom is -0.352 e. The summed E-state index contributed by atoms with van der Waals surface area (Å²) >= 11 is 3.41. The summed E-state index contributed by atoms with van der Waals surface area (Å²) in [4.78, 5) is 12.0. The van der Waals surface area contributed by atoms with Crippen molar-refractivity contribution >= 4 is 42.4 Å². The molecular weight excluding hydrogens is 354 g/mol.